The second-order valence-electron chi connectivity index (χ2n) is 3.41. The molecule has 0 N–H and O–H groups in total. The Kier molecular flexibility index (Phi) is 5.19. The van der Waals surface area contributed by atoms with Crippen LogP contribution in [0.1, 0.15) is 18.2 Å². The van der Waals surface area contributed by atoms with Crippen LogP contribution in [0.5, 0.6) is 0 Å². The Morgan fingerprint density at radius 2 is 2.38 bits per heavy atom. The van der Waals surface area contributed by atoms with Crippen molar-refractivity contribution in [1.82, 2.24) is 9.88 Å². The summed E-state index contributed by atoms with van der Waals surface area (Å²) < 4.78 is 0.919. The predicted octanol–water partition coefficient (Wildman–Crippen LogP) is 2.35. The minimum absolute atomic E-state index is 0.709. The number of hydrogen-bond acceptors (Lipinski definition) is 3. The lowest BCUT2D eigenvalue weighted by Gasteiger charge is -2.17. The largest absolute Gasteiger partial charge is 0.358 e. The lowest BCUT2D eigenvalue weighted by Crippen LogP contribution is -2.23. The van der Waals surface area contributed by atoms with E-state index < -0.39 is 0 Å². The highest BCUT2D eigenvalue weighted by molar-refractivity contribution is 14.1. The zero-order valence-corrected chi connectivity index (χ0v) is 11.5. The molecule has 0 aliphatic carbocycles. The lowest BCUT2D eigenvalue weighted by molar-refractivity contribution is 0.497. The molecule has 84 valence electrons. The number of nitriles is 1. The average Bonchev–Trinajstić information content (AvgIpc) is 2.30. The highest BCUT2D eigenvalue weighted by Gasteiger charge is 2.02. The maximum absolute atomic E-state index is 8.44. The number of hydrogen-bond donors (Lipinski definition) is 0. The highest BCUT2D eigenvalue weighted by Crippen LogP contribution is 2.06. The molecule has 0 aliphatic rings. The number of halogens is 1. The summed E-state index contributed by atoms with van der Waals surface area (Å²) in [6.07, 6.45) is 3.65. The molecular weight excluding hydrogens is 315 g/mol. The van der Waals surface area contributed by atoms with Gasteiger partial charge in [-0.25, -0.2) is 0 Å². The first-order valence-corrected chi connectivity index (χ1v) is 6.34. The number of nitrogens with zero attached hydrogens (tertiary/aromatic N) is 4. The molecule has 0 unspecified atom stereocenters. The Balaban J connectivity index is 2.67. The van der Waals surface area contributed by atoms with Crippen molar-refractivity contribution < 1.29 is 0 Å². The van der Waals surface area contributed by atoms with Crippen LogP contribution in [0.4, 0.5) is 0 Å². The molecule has 0 spiro atoms. The van der Waals surface area contributed by atoms with E-state index in [4.69, 9.17) is 5.26 Å². The monoisotopic (exact) mass is 328 g/mol. The van der Waals surface area contributed by atoms with E-state index in [0.717, 1.165) is 15.7 Å². The zero-order valence-electron chi connectivity index (χ0n) is 9.31. The Hall–Kier alpha value is -1.16. The second kappa shape index (κ2) is 6.43. The molecule has 0 aliphatic heterocycles. The molecule has 1 heterocycles. The normalized spacial score (nSPS) is 11.0. The molecule has 16 heavy (non-hydrogen) atoms. The fourth-order valence-corrected chi connectivity index (χ4v) is 1.62. The van der Waals surface area contributed by atoms with E-state index in [0.29, 0.717) is 12.4 Å². The maximum Gasteiger partial charge on any atom is 0.207 e. The van der Waals surface area contributed by atoms with Crippen LogP contribution >= 0.6 is 22.6 Å². The fraction of sp³-hybridized carbons (Fsp3) is 0.364. The quantitative estimate of drug-likeness (QED) is 0.281. The third kappa shape index (κ3) is 3.77. The molecule has 0 amide bonds. The summed E-state index contributed by atoms with van der Waals surface area (Å²) >= 11 is 2.28. The van der Waals surface area contributed by atoms with Crippen LogP contribution in [-0.2, 0) is 11.0 Å². The molecule has 0 radical (unpaired) electrons. The van der Waals surface area contributed by atoms with Gasteiger partial charge >= 0.3 is 0 Å². The Bertz CT molecular complexity index is 405. The Morgan fingerprint density at radius 3 is 2.88 bits per heavy atom. The van der Waals surface area contributed by atoms with Gasteiger partial charge in [-0.3, -0.25) is 4.98 Å². The van der Waals surface area contributed by atoms with E-state index in [-0.39, 0.29) is 0 Å². The van der Waals surface area contributed by atoms with Crippen LogP contribution in [0.2, 0.25) is 0 Å². The topological polar surface area (TPSA) is 52.3 Å². The number of rotatable bonds is 3. The number of pyridine rings is 1. The van der Waals surface area contributed by atoms with Crippen molar-refractivity contribution in [3.05, 3.63) is 29.6 Å². The predicted molar refractivity (Wildman–Crippen MR) is 72.2 cm³/mol. The van der Waals surface area contributed by atoms with Gasteiger partial charge in [0.05, 0.1) is 5.69 Å². The number of amidine groups is 1. The van der Waals surface area contributed by atoms with Gasteiger partial charge in [0.2, 0.25) is 6.19 Å². The van der Waals surface area contributed by atoms with E-state index >= 15 is 0 Å². The molecule has 5 heteroatoms. The van der Waals surface area contributed by atoms with E-state index in [1.54, 1.807) is 6.19 Å². The van der Waals surface area contributed by atoms with Crippen molar-refractivity contribution in [1.29, 1.82) is 5.26 Å². The molecular formula is C11H13IN4. The van der Waals surface area contributed by atoms with E-state index in [1.807, 2.05) is 31.1 Å². The van der Waals surface area contributed by atoms with Crippen molar-refractivity contribution in [3.63, 3.8) is 0 Å². The van der Waals surface area contributed by atoms with Gasteiger partial charge in [-0.15, -0.1) is 0 Å². The smallest absolute Gasteiger partial charge is 0.207 e. The van der Waals surface area contributed by atoms with Crippen molar-refractivity contribution in [3.8, 4) is 6.19 Å². The molecule has 1 aromatic heterocycles. The number of aliphatic imine (C=N–C) groups is 1. The minimum atomic E-state index is 0.709. The molecule has 0 saturated heterocycles. The van der Waals surface area contributed by atoms with Gasteiger partial charge in [-0.1, -0.05) is 28.7 Å². The summed E-state index contributed by atoms with van der Waals surface area (Å²) in [7, 11) is 1.91. The summed E-state index contributed by atoms with van der Waals surface area (Å²) in [5.74, 6) is 0.709. The van der Waals surface area contributed by atoms with Crippen molar-refractivity contribution in [2.75, 3.05) is 7.05 Å². The van der Waals surface area contributed by atoms with Crippen LogP contribution in [0, 0.1) is 11.5 Å². The van der Waals surface area contributed by atoms with Gasteiger partial charge in [0.15, 0.2) is 0 Å². The number of aromatic nitrogens is 1. The SMILES string of the molecule is C/C(=N\C#N)N(C)Cc1ccc(CI)nc1. The number of alkyl halides is 1. The fourth-order valence-electron chi connectivity index (χ4n) is 1.17. The first kappa shape index (κ1) is 12.9. The Labute approximate surface area is 109 Å². The first-order chi connectivity index (χ1) is 7.67. The molecule has 1 rings (SSSR count). The van der Waals surface area contributed by atoms with Gasteiger partial charge in [0.25, 0.3) is 0 Å². The van der Waals surface area contributed by atoms with Gasteiger partial charge < -0.3 is 4.90 Å². The second-order valence-corrected chi connectivity index (χ2v) is 4.17. The van der Waals surface area contributed by atoms with Crippen LogP contribution in [0.15, 0.2) is 23.3 Å². The van der Waals surface area contributed by atoms with E-state index in [9.17, 15) is 0 Å². The highest BCUT2D eigenvalue weighted by atomic mass is 127. The third-order valence-electron chi connectivity index (χ3n) is 2.21. The average molecular weight is 328 g/mol. The molecule has 0 atom stereocenters. The lowest BCUT2D eigenvalue weighted by atomic mass is 10.2. The first-order valence-electron chi connectivity index (χ1n) is 4.81. The zero-order chi connectivity index (χ0) is 12.0. The third-order valence-corrected chi connectivity index (χ3v) is 2.99. The van der Waals surface area contributed by atoms with E-state index in [1.165, 1.54) is 0 Å². The van der Waals surface area contributed by atoms with Gasteiger partial charge in [0.1, 0.15) is 5.84 Å². The molecule has 0 fully saturated rings. The summed E-state index contributed by atoms with van der Waals surface area (Å²) in [6.45, 7) is 2.53. The van der Waals surface area contributed by atoms with Crippen LogP contribution in [0.3, 0.4) is 0 Å². The van der Waals surface area contributed by atoms with Gasteiger partial charge in [-0.05, 0) is 18.6 Å². The summed E-state index contributed by atoms with van der Waals surface area (Å²) in [4.78, 5) is 9.92. The van der Waals surface area contributed by atoms with E-state index in [2.05, 4.69) is 38.6 Å². The van der Waals surface area contributed by atoms with Crippen molar-refractivity contribution in [2.24, 2.45) is 4.99 Å². The minimum Gasteiger partial charge on any atom is -0.358 e. The van der Waals surface area contributed by atoms with Gasteiger partial charge in [-0.2, -0.15) is 10.3 Å². The standard InChI is InChI=1S/C11H13IN4/c1-9(15-8-13)16(2)7-10-3-4-11(5-12)14-6-10/h3-4,6H,5,7H2,1-2H3/b15-9+. The molecule has 0 saturated carbocycles. The summed E-state index contributed by atoms with van der Waals surface area (Å²) in [5.41, 5.74) is 2.19. The van der Waals surface area contributed by atoms with Gasteiger partial charge in [0, 0.05) is 24.2 Å². The van der Waals surface area contributed by atoms with Crippen LogP contribution in [0.25, 0.3) is 0 Å². The molecule has 0 aromatic carbocycles. The van der Waals surface area contributed by atoms with Crippen molar-refractivity contribution in [2.45, 2.75) is 17.9 Å². The van der Waals surface area contributed by atoms with Crippen molar-refractivity contribution >= 4 is 28.4 Å². The maximum atomic E-state index is 8.44. The molecule has 0 bridgehead atoms. The molecule has 1 aromatic rings. The molecule has 4 nitrogen and oxygen atoms in total. The summed E-state index contributed by atoms with van der Waals surface area (Å²) in [6, 6.07) is 4.07. The summed E-state index contributed by atoms with van der Waals surface area (Å²) in [5, 5.41) is 8.44. The van der Waals surface area contributed by atoms with Crippen LogP contribution < -0.4 is 0 Å². The van der Waals surface area contributed by atoms with Crippen LogP contribution in [-0.4, -0.2) is 22.8 Å². The Morgan fingerprint density at radius 1 is 1.62 bits per heavy atom.